The average Bonchev–Trinajstić information content (AvgIpc) is 2.48. The highest BCUT2D eigenvalue weighted by Crippen LogP contribution is 2.28. The van der Waals surface area contributed by atoms with Crippen molar-refractivity contribution in [2.24, 2.45) is 0 Å². The van der Waals surface area contributed by atoms with Crippen molar-refractivity contribution in [3.8, 4) is 11.8 Å². The minimum absolute atomic E-state index is 0.302. The molecule has 0 atom stereocenters. The second-order valence-electron chi connectivity index (χ2n) is 4.10. The van der Waals surface area contributed by atoms with Crippen LogP contribution < -0.4 is 10.1 Å². The van der Waals surface area contributed by atoms with Gasteiger partial charge in [-0.15, -0.1) is 0 Å². The molecular formula is C15H12BrFN2O. The van der Waals surface area contributed by atoms with Gasteiger partial charge in [0, 0.05) is 6.54 Å². The second kappa shape index (κ2) is 6.40. The van der Waals surface area contributed by atoms with E-state index in [1.165, 1.54) is 6.07 Å². The zero-order valence-electron chi connectivity index (χ0n) is 10.8. The quantitative estimate of drug-likeness (QED) is 0.916. The highest BCUT2D eigenvalue weighted by molar-refractivity contribution is 9.10. The monoisotopic (exact) mass is 334 g/mol. The summed E-state index contributed by atoms with van der Waals surface area (Å²) in [6, 6.07) is 12.2. The molecule has 0 radical (unpaired) electrons. The van der Waals surface area contributed by atoms with Crippen LogP contribution in [0.1, 0.15) is 11.1 Å². The van der Waals surface area contributed by atoms with Gasteiger partial charge in [0.1, 0.15) is 17.6 Å². The predicted molar refractivity (Wildman–Crippen MR) is 79.1 cm³/mol. The molecule has 20 heavy (non-hydrogen) atoms. The number of para-hydroxylation sites is 1. The minimum Gasteiger partial charge on any atom is -0.495 e. The molecule has 0 aliphatic rings. The first-order valence-electron chi connectivity index (χ1n) is 5.90. The van der Waals surface area contributed by atoms with Gasteiger partial charge in [-0.2, -0.15) is 5.26 Å². The van der Waals surface area contributed by atoms with Gasteiger partial charge in [0.15, 0.2) is 0 Å². The van der Waals surface area contributed by atoms with E-state index in [9.17, 15) is 4.39 Å². The van der Waals surface area contributed by atoms with Crippen molar-refractivity contribution in [1.82, 2.24) is 0 Å². The lowest BCUT2D eigenvalue weighted by Gasteiger charge is -2.13. The zero-order chi connectivity index (χ0) is 14.5. The number of methoxy groups -OCH3 is 1. The van der Waals surface area contributed by atoms with Crippen molar-refractivity contribution in [2.75, 3.05) is 12.4 Å². The standard InChI is InChI=1S/C15H12BrFN2O/c1-20-14-4-2-3-11(8-18)15(14)19-9-10-5-6-13(17)12(16)7-10/h2-7,19H,9H2,1H3. The first-order valence-corrected chi connectivity index (χ1v) is 6.70. The highest BCUT2D eigenvalue weighted by Gasteiger charge is 2.08. The Morgan fingerprint density at radius 2 is 2.15 bits per heavy atom. The van der Waals surface area contributed by atoms with Crippen LogP contribution in [0.2, 0.25) is 0 Å². The molecule has 102 valence electrons. The molecule has 0 saturated heterocycles. The van der Waals surface area contributed by atoms with Crippen LogP contribution in [0.4, 0.5) is 10.1 Å². The molecule has 0 aromatic heterocycles. The van der Waals surface area contributed by atoms with Crippen LogP contribution >= 0.6 is 15.9 Å². The number of benzene rings is 2. The lowest BCUT2D eigenvalue weighted by Crippen LogP contribution is -2.03. The van der Waals surface area contributed by atoms with E-state index >= 15 is 0 Å². The summed E-state index contributed by atoms with van der Waals surface area (Å²) >= 11 is 3.15. The smallest absolute Gasteiger partial charge is 0.143 e. The molecule has 0 aliphatic carbocycles. The number of hydrogen-bond donors (Lipinski definition) is 1. The molecular weight excluding hydrogens is 323 g/mol. The van der Waals surface area contributed by atoms with Crippen LogP contribution in [0.25, 0.3) is 0 Å². The zero-order valence-corrected chi connectivity index (χ0v) is 12.4. The van der Waals surface area contributed by atoms with Gasteiger partial charge in [-0.1, -0.05) is 12.1 Å². The third-order valence-electron chi connectivity index (χ3n) is 2.82. The predicted octanol–water partition coefficient (Wildman–Crippen LogP) is 4.08. The van der Waals surface area contributed by atoms with Gasteiger partial charge in [0.2, 0.25) is 0 Å². The van der Waals surface area contributed by atoms with Gasteiger partial charge < -0.3 is 10.1 Å². The summed E-state index contributed by atoms with van der Waals surface area (Å²) in [5.41, 5.74) is 2.04. The third kappa shape index (κ3) is 3.09. The van der Waals surface area contributed by atoms with E-state index in [0.29, 0.717) is 28.0 Å². The Labute approximate surface area is 125 Å². The molecule has 5 heteroatoms. The number of nitrogens with zero attached hydrogens (tertiary/aromatic N) is 1. The van der Waals surface area contributed by atoms with Crippen LogP contribution in [-0.4, -0.2) is 7.11 Å². The van der Waals surface area contributed by atoms with Gasteiger partial charge in [-0.05, 0) is 45.8 Å². The van der Waals surface area contributed by atoms with Crippen LogP contribution in [0.15, 0.2) is 40.9 Å². The first kappa shape index (κ1) is 14.4. The summed E-state index contributed by atoms with van der Waals surface area (Å²) in [5.74, 6) is 0.300. The molecule has 2 aromatic carbocycles. The minimum atomic E-state index is -0.302. The molecule has 0 amide bonds. The highest BCUT2D eigenvalue weighted by atomic mass is 79.9. The number of anilines is 1. The average molecular weight is 335 g/mol. The fourth-order valence-electron chi connectivity index (χ4n) is 1.82. The molecule has 0 spiro atoms. The molecule has 0 unspecified atom stereocenters. The maximum atomic E-state index is 13.2. The Balaban J connectivity index is 2.22. The van der Waals surface area contributed by atoms with Crippen molar-refractivity contribution in [3.63, 3.8) is 0 Å². The van der Waals surface area contributed by atoms with Crippen molar-refractivity contribution in [3.05, 3.63) is 57.8 Å². The largest absolute Gasteiger partial charge is 0.495 e. The Morgan fingerprint density at radius 3 is 2.80 bits per heavy atom. The number of rotatable bonds is 4. The Morgan fingerprint density at radius 1 is 1.35 bits per heavy atom. The van der Waals surface area contributed by atoms with Crippen LogP contribution in [0.3, 0.4) is 0 Å². The Kier molecular flexibility index (Phi) is 4.59. The Hall–Kier alpha value is -2.06. The number of halogens is 2. The lowest BCUT2D eigenvalue weighted by molar-refractivity contribution is 0.416. The molecule has 2 aromatic rings. The molecule has 2 rings (SSSR count). The van der Waals surface area contributed by atoms with Crippen LogP contribution in [-0.2, 0) is 6.54 Å². The van der Waals surface area contributed by atoms with Crippen LogP contribution in [0, 0.1) is 17.1 Å². The summed E-state index contributed by atoms with van der Waals surface area (Å²) in [6.07, 6.45) is 0. The summed E-state index contributed by atoms with van der Waals surface area (Å²) < 4.78 is 18.8. The van der Waals surface area contributed by atoms with E-state index in [-0.39, 0.29) is 5.82 Å². The number of ether oxygens (including phenoxy) is 1. The van der Waals surface area contributed by atoms with E-state index in [1.807, 2.05) is 0 Å². The number of hydrogen-bond acceptors (Lipinski definition) is 3. The summed E-state index contributed by atoms with van der Waals surface area (Å²) in [7, 11) is 1.55. The lowest BCUT2D eigenvalue weighted by atomic mass is 10.1. The number of nitrogens with one attached hydrogen (secondary N) is 1. The normalized spacial score (nSPS) is 9.90. The molecule has 3 nitrogen and oxygen atoms in total. The summed E-state index contributed by atoms with van der Waals surface area (Å²) in [4.78, 5) is 0. The van der Waals surface area contributed by atoms with Crippen molar-refractivity contribution < 1.29 is 9.13 Å². The van der Waals surface area contributed by atoms with E-state index in [4.69, 9.17) is 10.00 Å². The fourth-order valence-corrected chi connectivity index (χ4v) is 2.24. The van der Waals surface area contributed by atoms with E-state index in [2.05, 4.69) is 27.3 Å². The van der Waals surface area contributed by atoms with Gasteiger partial charge in [-0.25, -0.2) is 4.39 Å². The van der Waals surface area contributed by atoms with Crippen molar-refractivity contribution in [1.29, 1.82) is 5.26 Å². The molecule has 0 fully saturated rings. The number of nitriles is 1. The summed E-state index contributed by atoms with van der Waals surface area (Å²) in [6.45, 7) is 0.466. The topological polar surface area (TPSA) is 45.0 Å². The molecule has 1 N–H and O–H groups in total. The van der Waals surface area contributed by atoms with E-state index in [1.54, 1.807) is 37.4 Å². The summed E-state index contributed by atoms with van der Waals surface area (Å²) in [5, 5.41) is 12.3. The maximum Gasteiger partial charge on any atom is 0.143 e. The van der Waals surface area contributed by atoms with Crippen LogP contribution in [0.5, 0.6) is 5.75 Å². The molecule has 0 bridgehead atoms. The van der Waals surface area contributed by atoms with Crippen molar-refractivity contribution >= 4 is 21.6 Å². The van der Waals surface area contributed by atoms with Gasteiger partial charge >= 0.3 is 0 Å². The molecule has 0 aliphatic heterocycles. The molecule has 0 saturated carbocycles. The second-order valence-corrected chi connectivity index (χ2v) is 4.95. The third-order valence-corrected chi connectivity index (χ3v) is 3.43. The fraction of sp³-hybridized carbons (Fsp3) is 0.133. The first-order chi connectivity index (χ1) is 9.65. The van der Waals surface area contributed by atoms with Crippen molar-refractivity contribution in [2.45, 2.75) is 6.54 Å². The van der Waals surface area contributed by atoms with Gasteiger partial charge in [0.05, 0.1) is 22.8 Å². The maximum absolute atomic E-state index is 13.2. The van der Waals surface area contributed by atoms with E-state index < -0.39 is 0 Å². The van der Waals surface area contributed by atoms with Gasteiger partial charge in [-0.3, -0.25) is 0 Å². The SMILES string of the molecule is COc1cccc(C#N)c1NCc1ccc(F)c(Br)c1. The molecule has 0 heterocycles. The van der Waals surface area contributed by atoms with Gasteiger partial charge in [0.25, 0.3) is 0 Å². The van der Waals surface area contributed by atoms with E-state index in [0.717, 1.165) is 5.56 Å². The Bertz CT molecular complexity index is 667.